The molecule has 0 aromatic rings. The SMILES string of the molecule is CC/C=C\C/C=C\C/C=C\C/C=C\C/C=C\C/C=C\C/C=C\C/C=C\CCCCCCCCC(=O)OCC(COC(=O)CCCCCCCCCCCC)OC(=O)CCCCCCCCCC/C=C\C/C=C\C/C=C\C/C=C\CC. The molecule has 0 rings (SSSR count). The molecule has 6 heteroatoms. The van der Waals surface area contributed by atoms with Gasteiger partial charge in [-0.2, -0.15) is 0 Å². The molecular formula is C74H120O6. The van der Waals surface area contributed by atoms with Crippen molar-refractivity contribution in [1.29, 1.82) is 0 Å². The maximum atomic E-state index is 12.9. The Morgan fingerprint density at radius 1 is 0.263 bits per heavy atom. The maximum absolute atomic E-state index is 12.9. The Hall–Kier alpha value is -4.71. The maximum Gasteiger partial charge on any atom is 0.306 e. The van der Waals surface area contributed by atoms with Crippen LogP contribution in [0.3, 0.4) is 0 Å². The molecule has 0 amide bonds. The highest BCUT2D eigenvalue weighted by molar-refractivity contribution is 5.71. The van der Waals surface area contributed by atoms with Crippen molar-refractivity contribution in [2.24, 2.45) is 0 Å². The predicted octanol–water partition coefficient (Wildman–Crippen LogP) is 22.7. The quantitative estimate of drug-likeness (QED) is 0.0261. The second-order valence-electron chi connectivity index (χ2n) is 21.3. The molecule has 0 fully saturated rings. The summed E-state index contributed by atoms with van der Waals surface area (Å²) in [6.45, 7) is 6.39. The number of hydrogen-bond donors (Lipinski definition) is 0. The molecule has 0 aromatic heterocycles. The highest BCUT2D eigenvalue weighted by atomic mass is 16.6. The molecule has 0 saturated carbocycles. The monoisotopic (exact) mass is 1100 g/mol. The fourth-order valence-electron chi connectivity index (χ4n) is 8.74. The van der Waals surface area contributed by atoms with Gasteiger partial charge in [0, 0.05) is 19.3 Å². The van der Waals surface area contributed by atoms with E-state index in [-0.39, 0.29) is 31.1 Å². The summed E-state index contributed by atoms with van der Waals surface area (Å²) in [5, 5.41) is 0. The third kappa shape index (κ3) is 64.1. The first-order chi connectivity index (χ1) is 39.5. The lowest BCUT2D eigenvalue weighted by molar-refractivity contribution is -0.167. The summed E-state index contributed by atoms with van der Waals surface area (Å²) < 4.78 is 16.9. The van der Waals surface area contributed by atoms with Gasteiger partial charge in [-0.25, -0.2) is 0 Å². The Morgan fingerprint density at radius 2 is 0.487 bits per heavy atom. The molecule has 0 aliphatic heterocycles. The summed E-state index contributed by atoms with van der Waals surface area (Å²) in [5.74, 6) is -0.912. The van der Waals surface area contributed by atoms with Crippen molar-refractivity contribution in [3.63, 3.8) is 0 Å². The van der Waals surface area contributed by atoms with Crippen LogP contribution in [0.15, 0.2) is 146 Å². The molecular weight excluding hydrogens is 985 g/mol. The van der Waals surface area contributed by atoms with Crippen LogP contribution in [-0.4, -0.2) is 37.2 Å². The fourth-order valence-corrected chi connectivity index (χ4v) is 8.74. The van der Waals surface area contributed by atoms with Crippen LogP contribution in [0, 0.1) is 0 Å². The van der Waals surface area contributed by atoms with Crippen LogP contribution in [0.1, 0.15) is 284 Å². The van der Waals surface area contributed by atoms with Gasteiger partial charge in [-0.15, -0.1) is 0 Å². The summed E-state index contributed by atoms with van der Waals surface area (Å²) in [4.78, 5) is 38.3. The zero-order valence-corrected chi connectivity index (χ0v) is 51.8. The number of allylic oxidation sites excluding steroid dienone is 24. The lowest BCUT2D eigenvalue weighted by Gasteiger charge is -2.18. The van der Waals surface area contributed by atoms with E-state index in [1.807, 2.05) is 0 Å². The molecule has 452 valence electrons. The van der Waals surface area contributed by atoms with Gasteiger partial charge in [-0.3, -0.25) is 14.4 Å². The van der Waals surface area contributed by atoms with E-state index in [1.165, 1.54) is 89.9 Å². The van der Waals surface area contributed by atoms with Crippen molar-refractivity contribution >= 4 is 17.9 Å². The van der Waals surface area contributed by atoms with Crippen molar-refractivity contribution in [3.05, 3.63) is 146 Å². The molecule has 0 saturated heterocycles. The fraction of sp³-hybridized carbons (Fsp3) is 0.635. The van der Waals surface area contributed by atoms with Crippen LogP contribution in [0.25, 0.3) is 0 Å². The van der Waals surface area contributed by atoms with Gasteiger partial charge in [-0.05, 0) is 122 Å². The lowest BCUT2D eigenvalue weighted by Crippen LogP contribution is -2.30. The highest BCUT2D eigenvalue weighted by Crippen LogP contribution is 2.15. The Morgan fingerprint density at radius 3 is 0.762 bits per heavy atom. The number of rotatable bonds is 58. The van der Waals surface area contributed by atoms with Crippen LogP contribution in [0.2, 0.25) is 0 Å². The predicted molar refractivity (Wildman–Crippen MR) is 348 cm³/mol. The molecule has 0 spiro atoms. The minimum Gasteiger partial charge on any atom is -0.462 e. The third-order valence-electron chi connectivity index (χ3n) is 13.6. The molecule has 0 bridgehead atoms. The van der Waals surface area contributed by atoms with E-state index < -0.39 is 6.10 Å². The molecule has 80 heavy (non-hydrogen) atoms. The number of unbranched alkanes of at least 4 members (excludes halogenated alkanes) is 23. The first kappa shape index (κ1) is 75.3. The number of hydrogen-bond acceptors (Lipinski definition) is 6. The Bertz CT molecular complexity index is 1750. The van der Waals surface area contributed by atoms with Crippen molar-refractivity contribution in [2.75, 3.05) is 13.2 Å². The Labute approximate surface area is 493 Å². The van der Waals surface area contributed by atoms with Gasteiger partial charge in [0.05, 0.1) is 0 Å². The van der Waals surface area contributed by atoms with Gasteiger partial charge in [0.1, 0.15) is 13.2 Å². The van der Waals surface area contributed by atoms with Crippen LogP contribution in [0.4, 0.5) is 0 Å². The normalized spacial score (nSPS) is 13.1. The number of carbonyl (C=O) groups is 3. The molecule has 1 unspecified atom stereocenters. The zero-order valence-electron chi connectivity index (χ0n) is 51.8. The van der Waals surface area contributed by atoms with Crippen molar-refractivity contribution < 1.29 is 28.6 Å². The van der Waals surface area contributed by atoms with Gasteiger partial charge < -0.3 is 14.2 Å². The molecule has 6 nitrogen and oxygen atoms in total. The molecule has 0 aliphatic carbocycles. The highest BCUT2D eigenvalue weighted by Gasteiger charge is 2.19. The second kappa shape index (κ2) is 66.8. The summed E-state index contributed by atoms with van der Waals surface area (Å²) >= 11 is 0. The summed E-state index contributed by atoms with van der Waals surface area (Å²) in [6, 6.07) is 0. The first-order valence-corrected chi connectivity index (χ1v) is 32.8. The van der Waals surface area contributed by atoms with Crippen LogP contribution < -0.4 is 0 Å². The van der Waals surface area contributed by atoms with Gasteiger partial charge in [-0.1, -0.05) is 289 Å². The van der Waals surface area contributed by atoms with Crippen molar-refractivity contribution in [1.82, 2.24) is 0 Å². The third-order valence-corrected chi connectivity index (χ3v) is 13.6. The largest absolute Gasteiger partial charge is 0.462 e. The molecule has 0 heterocycles. The van der Waals surface area contributed by atoms with E-state index in [0.29, 0.717) is 19.3 Å². The summed E-state index contributed by atoms with van der Waals surface area (Å²) in [5.41, 5.74) is 0. The first-order valence-electron chi connectivity index (χ1n) is 32.8. The standard InChI is InChI=1S/C74H120O6/c1-4-7-10-13-16-19-22-24-26-28-30-32-33-34-35-36-37-38-39-40-41-43-44-46-48-50-52-55-58-61-64-67-73(76)79-70-71(69-78-72(75)66-63-60-57-54-21-18-15-12-9-6-3)80-74(77)68-65-62-59-56-53-51-49-47-45-42-31-29-27-25-23-20-17-14-11-8-5-2/h7-8,10-11,16-17,19-20,24-27,30-32,34-35,37-38,40-42,44,46,71H,4-6,9,12-15,18,21-23,28-29,33,36,39,43,45,47-70H2,1-3H3/b10-7-,11-8-,19-16-,20-17-,26-24-,27-25-,32-30-,35-34-,38-37-,41-40-,42-31-,46-44-. The van der Waals surface area contributed by atoms with E-state index in [4.69, 9.17) is 14.2 Å². The molecule has 0 radical (unpaired) electrons. The van der Waals surface area contributed by atoms with Gasteiger partial charge in [0.25, 0.3) is 0 Å². The molecule has 1 atom stereocenters. The van der Waals surface area contributed by atoms with E-state index in [1.54, 1.807) is 0 Å². The number of carbonyl (C=O) groups excluding carboxylic acids is 3. The topological polar surface area (TPSA) is 78.9 Å². The summed E-state index contributed by atoms with van der Waals surface area (Å²) in [6.07, 6.45) is 95.7. The van der Waals surface area contributed by atoms with Crippen molar-refractivity contribution in [3.8, 4) is 0 Å². The van der Waals surface area contributed by atoms with E-state index in [0.717, 1.165) is 154 Å². The minimum atomic E-state index is -0.793. The number of ether oxygens (including phenoxy) is 3. The lowest BCUT2D eigenvalue weighted by atomic mass is 10.1. The van der Waals surface area contributed by atoms with E-state index in [9.17, 15) is 14.4 Å². The summed E-state index contributed by atoms with van der Waals surface area (Å²) in [7, 11) is 0. The molecule has 0 aliphatic rings. The Balaban J connectivity index is 4.31. The van der Waals surface area contributed by atoms with Crippen molar-refractivity contribution in [2.45, 2.75) is 290 Å². The average Bonchev–Trinajstić information content (AvgIpc) is 3.46. The van der Waals surface area contributed by atoms with E-state index >= 15 is 0 Å². The van der Waals surface area contributed by atoms with Gasteiger partial charge in [0.15, 0.2) is 6.10 Å². The molecule has 0 N–H and O–H groups in total. The second-order valence-corrected chi connectivity index (χ2v) is 21.3. The van der Waals surface area contributed by atoms with Gasteiger partial charge >= 0.3 is 17.9 Å². The van der Waals surface area contributed by atoms with E-state index in [2.05, 4.69) is 167 Å². The smallest absolute Gasteiger partial charge is 0.306 e. The zero-order chi connectivity index (χ0) is 57.8. The minimum absolute atomic E-state index is 0.0884. The van der Waals surface area contributed by atoms with Gasteiger partial charge in [0.2, 0.25) is 0 Å². The van der Waals surface area contributed by atoms with Crippen LogP contribution in [0.5, 0.6) is 0 Å². The Kier molecular flexibility index (Phi) is 62.9. The number of esters is 3. The van der Waals surface area contributed by atoms with Crippen LogP contribution >= 0.6 is 0 Å². The average molecular weight is 1110 g/mol. The van der Waals surface area contributed by atoms with Crippen LogP contribution in [-0.2, 0) is 28.6 Å². The molecule has 0 aromatic carbocycles.